The largest absolute Gasteiger partial charge is 0.320 e. The molecule has 19 heavy (non-hydrogen) atoms. The Kier molecular flexibility index (Phi) is 4.18. The zero-order valence-electron chi connectivity index (χ0n) is 9.43. The molecule has 0 aromatic heterocycles. The fourth-order valence-electron chi connectivity index (χ4n) is 1.70. The van der Waals surface area contributed by atoms with Crippen molar-refractivity contribution in [3.05, 3.63) is 68.4 Å². The van der Waals surface area contributed by atoms with E-state index in [1.807, 2.05) is 0 Å². The van der Waals surface area contributed by atoms with Crippen LogP contribution in [0.5, 0.6) is 0 Å². The van der Waals surface area contributed by atoms with Gasteiger partial charge in [0.25, 0.3) is 0 Å². The lowest BCUT2D eigenvalue weighted by molar-refractivity contribution is 0.438. The van der Waals surface area contributed by atoms with E-state index in [9.17, 15) is 13.2 Å². The Morgan fingerprint density at radius 3 is 2.37 bits per heavy atom. The average Bonchev–Trinajstić information content (AvgIpc) is 2.38. The van der Waals surface area contributed by atoms with Gasteiger partial charge in [-0.1, -0.05) is 33.6 Å². The summed E-state index contributed by atoms with van der Waals surface area (Å²) in [6, 6.07) is 5.84. The highest BCUT2D eigenvalue weighted by atomic mass is 79.9. The minimum Gasteiger partial charge on any atom is -0.320 e. The number of benzene rings is 2. The van der Waals surface area contributed by atoms with Crippen molar-refractivity contribution in [2.45, 2.75) is 6.04 Å². The predicted octanol–water partition coefficient (Wildman–Crippen LogP) is 4.57. The van der Waals surface area contributed by atoms with Crippen molar-refractivity contribution in [2.75, 3.05) is 0 Å². The maximum atomic E-state index is 13.7. The van der Waals surface area contributed by atoms with E-state index in [1.54, 1.807) is 18.2 Å². The minimum absolute atomic E-state index is 0.154. The normalized spacial score (nSPS) is 12.5. The summed E-state index contributed by atoms with van der Waals surface area (Å²) in [6.07, 6.45) is 0. The van der Waals surface area contributed by atoms with Crippen LogP contribution in [0, 0.1) is 17.5 Å². The number of halogens is 5. The third-order valence-corrected chi connectivity index (χ3v) is 3.53. The summed E-state index contributed by atoms with van der Waals surface area (Å²) in [4.78, 5) is 0. The molecule has 2 N–H and O–H groups in total. The number of rotatable bonds is 2. The molecule has 0 aliphatic carbocycles. The first-order chi connectivity index (χ1) is 8.91. The van der Waals surface area contributed by atoms with Crippen LogP contribution in [0.3, 0.4) is 0 Å². The van der Waals surface area contributed by atoms with Gasteiger partial charge in [-0.05, 0) is 29.8 Å². The second kappa shape index (κ2) is 5.53. The third-order valence-electron chi connectivity index (χ3n) is 2.69. The van der Waals surface area contributed by atoms with Crippen LogP contribution in [0.25, 0.3) is 0 Å². The predicted molar refractivity (Wildman–Crippen MR) is 71.5 cm³/mol. The summed E-state index contributed by atoms with van der Waals surface area (Å²) in [7, 11) is 0. The Hall–Kier alpha value is -1.04. The molecule has 1 atom stereocenters. The van der Waals surface area contributed by atoms with Crippen LogP contribution in [-0.4, -0.2) is 0 Å². The van der Waals surface area contributed by atoms with Crippen molar-refractivity contribution in [3.8, 4) is 0 Å². The molecule has 1 nitrogen and oxygen atoms in total. The molecule has 0 bridgehead atoms. The van der Waals surface area contributed by atoms with Crippen molar-refractivity contribution < 1.29 is 13.2 Å². The van der Waals surface area contributed by atoms with E-state index in [-0.39, 0.29) is 5.56 Å². The van der Waals surface area contributed by atoms with Gasteiger partial charge in [0.05, 0.1) is 6.04 Å². The first-order valence-electron chi connectivity index (χ1n) is 5.25. The van der Waals surface area contributed by atoms with Gasteiger partial charge < -0.3 is 5.73 Å². The fourth-order valence-corrected chi connectivity index (χ4v) is 2.32. The van der Waals surface area contributed by atoms with Crippen LogP contribution in [0.2, 0.25) is 5.02 Å². The van der Waals surface area contributed by atoms with Crippen LogP contribution in [0.4, 0.5) is 13.2 Å². The second-order valence-corrected chi connectivity index (χ2v) is 5.23. The van der Waals surface area contributed by atoms with Gasteiger partial charge in [-0.15, -0.1) is 0 Å². The van der Waals surface area contributed by atoms with Crippen LogP contribution in [0.15, 0.2) is 34.8 Å². The highest BCUT2D eigenvalue weighted by molar-refractivity contribution is 9.10. The Labute approximate surface area is 121 Å². The highest BCUT2D eigenvalue weighted by Gasteiger charge is 2.21. The zero-order chi connectivity index (χ0) is 14.2. The van der Waals surface area contributed by atoms with Crippen molar-refractivity contribution in [2.24, 2.45) is 5.73 Å². The Morgan fingerprint density at radius 1 is 1.00 bits per heavy atom. The molecule has 0 fully saturated rings. The summed E-state index contributed by atoms with van der Waals surface area (Å²) in [5.41, 5.74) is 6.14. The third kappa shape index (κ3) is 2.78. The van der Waals surface area contributed by atoms with Crippen molar-refractivity contribution in [1.29, 1.82) is 0 Å². The maximum Gasteiger partial charge on any atom is 0.194 e. The second-order valence-electron chi connectivity index (χ2n) is 3.91. The first-order valence-corrected chi connectivity index (χ1v) is 6.43. The smallest absolute Gasteiger partial charge is 0.194 e. The zero-order valence-corrected chi connectivity index (χ0v) is 11.8. The number of hydrogen-bond acceptors (Lipinski definition) is 1. The molecule has 2 aromatic rings. The molecule has 0 heterocycles. The van der Waals surface area contributed by atoms with E-state index < -0.39 is 23.5 Å². The Morgan fingerprint density at radius 2 is 1.68 bits per heavy atom. The number of nitrogens with two attached hydrogens (primary N) is 1. The fraction of sp³-hybridized carbons (Fsp3) is 0.0769. The Bertz CT molecular complexity index is 634. The summed E-state index contributed by atoms with van der Waals surface area (Å²) in [5.74, 6) is -4.10. The molecule has 2 rings (SSSR count). The highest BCUT2D eigenvalue weighted by Crippen LogP contribution is 2.31. The van der Waals surface area contributed by atoms with E-state index in [1.165, 1.54) is 0 Å². The lowest BCUT2D eigenvalue weighted by Crippen LogP contribution is -2.15. The quantitative estimate of drug-likeness (QED) is 0.789. The molecule has 0 saturated heterocycles. The van der Waals surface area contributed by atoms with E-state index in [0.29, 0.717) is 15.1 Å². The molecule has 0 aliphatic heterocycles. The van der Waals surface area contributed by atoms with Crippen LogP contribution < -0.4 is 5.73 Å². The van der Waals surface area contributed by atoms with Gasteiger partial charge in [-0.3, -0.25) is 0 Å². The van der Waals surface area contributed by atoms with Gasteiger partial charge >= 0.3 is 0 Å². The molecule has 0 saturated carbocycles. The van der Waals surface area contributed by atoms with Crippen LogP contribution in [0.1, 0.15) is 17.2 Å². The standard InChI is InChI=1S/C13H8BrClF3N/c14-6-1-3-9(15)8(5-6)13(19)7-2-4-10(16)12(18)11(7)17/h1-5,13H,19H2. The molecule has 0 aliphatic rings. The molecule has 2 aromatic carbocycles. The molecule has 6 heteroatoms. The first kappa shape index (κ1) is 14.4. The van der Waals surface area contributed by atoms with Gasteiger partial charge in [0.2, 0.25) is 0 Å². The van der Waals surface area contributed by atoms with E-state index >= 15 is 0 Å². The minimum atomic E-state index is -1.54. The molecule has 0 radical (unpaired) electrons. The lowest BCUT2D eigenvalue weighted by atomic mass is 9.99. The lowest BCUT2D eigenvalue weighted by Gasteiger charge is -2.16. The van der Waals surface area contributed by atoms with E-state index in [0.717, 1.165) is 12.1 Å². The summed E-state index contributed by atoms with van der Waals surface area (Å²) >= 11 is 9.21. The average molecular weight is 351 g/mol. The van der Waals surface area contributed by atoms with Crippen molar-refractivity contribution in [1.82, 2.24) is 0 Å². The molecule has 0 amide bonds. The monoisotopic (exact) mass is 349 g/mol. The molecular formula is C13H8BrClF3N. The van der Waals surface area contributed by atoms with Gasteiger partial charge in [-0.2, -0.15) is 0 Å². The topological polar surface area (TPSA) is 26.0 Å². The van der Waals surface area contributed by atoms with Crippen LogP contribution in [-0.2, 0) is 0 Å². The van der Waals surface area contributed by atoms with Gasteiger partial charge in [-0.25, -0.2) is 13.2 Å². The van der Waals surface area contributed by atoms with Gasteiger partial charge in [0.1, 0.15) is 0 Å². The summed E-state index contributed by atoms with van der Waals surface area (Å²) < 4.78 is 40.5. The summed E-state index contributed by atoms with van der Waals surface area (Å²) in [5, 5.41) is 0.319. The van der Waals surface area contributed by atoms with Crippen LogP contribution >= 0.6 is 27.5 Å². The molecule has 0 spiro atoms. The molecule has 1 unspecified atom stereocenters. The van der Waals surface area contributed by atoms with Crippen molar-refractivity contribution in [3.63, 3.8) is 0 Å². The van der Waals surface area contributed by atoms with E-state index in [4.69, 9.17) is 17.3 Å². The van der Waals surface area contributed by atoms with E-state index in [2.05, 4.69) is 15.9 Å². The SMILES string of the molecule is NC(c1cc(Br)ccc1Cl)c1ccc(F)c(F)c1F. The van der Waals surface area contributed by atoms with Gasteiger partial charge in [0, 0.05) is 15.1 Å². The number of hydrogen-bond donors (Lipinski definition) is 1. The maximum absolute atomic E-state index is 13.7. The summed E-state index contributed by atoms with van der Waals surface area (Å²) in [6.45, 7) is 0. The molecular weight excluding hydrogens is 343 g/mol. The van der Waals surface area contributed by atoms with Crippen molar-refractivity contribution >= 4 is 27.5 Å². The Balaban J connectivity index is 2.53. The van der Waals surface area contributed by atoms with Gasteiger partial charge in [0.15, 0.2) is 17.5 Å². The molecule has 100 valence electrons.